The van der Waals surface area contributed by atoms with Crippen molar-refractivity contribution in [1.82, 2.24) is 15.0 Å². The molecule has 1 fully saturated rings. The first kappa shape index (κ1) is 36.9. The van der Waals surface area contributed by atoms with Crippen molar-refractivity contribution in [2.75, 3.05) is 0 Å². The number of fused-ring (bicyclic) bond motifs is 12. The normalized spacial score (nSPS) is 18.9. The second-order valence-corrected chi connectivity index (χ2v) is 19.3. The molecule has 2 atom stereocenters. The van der Waals surface area contributed by atoms with Gasteiger partial charge in [0.15, 0.2) is 6.20 Å². The van der Waals surface area contributed by atoms with Gasteiger partial charge in [0.1, 0.15) is 10.7 Å². The summed E-state index contributed by atoms with van der Waals surface area (Å²) in [6.07, 6.45) is 11.3. The number of aryl methyl sites for hydroxylation is 1. The van der Waals surface area contributed by atoms with Gasteiger partial charge in [0.2, 0.25) is 11.2 Å². The Labute approximate surface area is 365 Å². The summed E-state index contributed by atoms with van der Waals surface area (Å²) in [5.41, 5.74) is 14.8. The van der Waals surface area contributed by atoms with Crippen LogP contribution < -0.4 is 4.57 Å². The molecule has 298 valence electrons. The van der Waals surface area contributed by atoms with Crippen LogP contribution in [0.25, 0.3) is 71.7 Å². The summed E-state index contributed by atoms with van der Waals surface area (Å²) >= 11 is 3.91. The summed E-state index contributed by atoms with van der Waals surface area (Å²) in [5, 5.41) is 16.1. The van der Waals surface area contributed by atoms with Gasteiger partial charge < -0.3 is 0 Å². The van der Waals surface area contributed by atoms with E-state index in [-0.39, 0.29) is 16.4 Å². The summed E-state index contributed by atoms with van der Waals surface area (Å²) < 4.78 is 4.70. The van der Waals surface area contributed by atoms with Gasteiger partial charge >= 0.3 is 0 Å². The molecule has 2 aliphatic carbocycles. The van der Waals surface area contributed by atoms with Crippen LogP contribution in [0.4, 0.5) is 0 Å². The highest BCUT2D eigenvalue weighted by atomic mass is 32.1. The monoisotopic (exact) mass is 827 g/mol. The smallest absolute Gasteiger partial charge is 0.210 e. The quantitative estimate of drug-likeness (QED) is 0.136. The van der Waals surface area contributed by atoms with Crippen LogP contribution in [0.3, 0.4) is 0 Å². The molecular weight excluding hydrogens is 781 g/mol. The molecule has 12 rings (SSSR count). The number of nitrogens with zero attached hydrogens (tertiary/aromatic N) is 4. The molecule has 0 saturated heterocycles. The van der Waals surface area contributed by atoms with E-state index < -0.39 is 0 Å². The molecule has 0 radical (unpaired) electrons. The second kappa shape index (κ2) is 13.8. The highest BCUT2D eigenvalue weighted by Gasteiger charge is 2.87. The molecule has 2 unspecified atom stereocenters. The Bertz CT molecular complexity index is 3150. The summed E-state index contributed by atoms with van der Waals surface area (Å²) in [5.74, 6) is 0. The summed E-state index contributed by atoms with van der Waals surface area (Å²) in [6, 6.07) is 51.7. The standard InChI is InChI=1S/C55H47N4S2/c1-4-7-17-37-22-16-23-42-40(37)27-28-46-50(42)43-29-31-60-51(43)54(53(46,5-2)6-3)35-55(54)52-45(48-24-14-15-30-58(48)55)33-49(61-52)59-34-47(56-57-59)44-32-39(36-18-10-8-11-19-36)25-26-41(44)38-20-12-9-13-21-38/h8-16,18-34H,4-7,17,35H2,1-3H3/q+1. The maximum absolute atomic E-state index is 4.91. The first-order valence-corrected chi connectivity index (χ1v) is 23.7. The number of pyridine rings is 1. The van der Waals surface area contributed by atoms with Crippen molar-refractivity contribution in [1.29, 1.82) is 0 Å². The summed E-state index contributed by atoms with van der Waals surface area (Å²) in [4.78, 5) is 3.02. The molecule has 4 nitrogen and oxygen atoms in total. The molecular formula is C55H47N4S2+. The Balaban J connectivity index is 1.01. The Kier molecular flexibility index (Phi) is 8.33. The molecule has 6 heteroatoms. The van der Waals surface area contributed by atoms with Crippen molar-refractivity contribution < 1.29 is 4.57 Å². The number of unbranched alkanes of at least 4 members (excludes halogenated alkanes) is 1. The molecule has 0 N–H and O–H groups in total. The highest BCUT2D eigenvalue weighted by molar-refractivity contribution is 7.15. The molecule has 1 saturated carbocycles. The molecule has 61 heavy (non-hydrogen) atoms. The number of rotatable bonds is 9. The average Bonchev–Trinajstić information content (AvgIpc) is 3.88. The Hall–Kier alpha value is -5.95. The number of hydrogen-bond donors (Lipinski definition) is 0. The molecule has 9 aromatic rings. The van der Waals surface area contributed by atoms with E-state index in [1.54, 1.807) is 4.88 Å². The van der Waals surface area contributed by atoms with E-state index in [1.165, 1.54) is 73.1 Å². The van der Waals surface area contributed by atoms with E-state index in [1.807, 2.05) is 27.4 Å². The van der Waals surface area contributed by atoms with E-state index in [0.717, 1.165) is 53.1 Å². The Morgan fingerprint density at radius 2 is 1.48 bits per heavy atom. The van der Waals surface area contributed by atoms with Gasteiger partial charge in [0.25, 0.3) is 0 Å². The van der Waals surface area contributed by atoms with Crippen molar-refractivity contribution in [3.8, 4) is 60.9 Å². The van der Waals surface area contributed by atoms with E-state index in [9.17, 15) is 0 Å². The van der Waals surface area contributed by atoms with E-state index in [2.05, 4.69) is 183 Å². The zero-order chi connectivity index (χ0) is 40.9. The molecule has 0 amide bonds. The summed E-state index contributed by atoms with van der Waals surface area (Å²) in [7, 11) is 0. The van der Waals surface area contributed by atoms with E-state index in [4.69, 9.17) is 10.3 Å². The van der Waals surface area contributed by atoms with Gasteiger partial charge in [-0.25, -0.2) is 4.68 Å². The zero-order valence-corrected chi connectivity index (χ0v) is 36.5. The van der Waals surface area contributed by atoms with Crippen LogP contribution in [-0.4, -0.2) is 15.0 Å². The largest absolute Gasteiger partial charge is 0.216 e. The minimum Gasteiger partial charge on any atom is -0.210 e. The third kappa shape index (κ3) is 4.95. The maximum Gasteiger partial charge on any atom is 0.216 e. The van der Waals surface area contributed by atoms with Crippen LogP contribution >= 0.6 is 22.7 Å². The van der Waals surface area contributed by atoms with Gasteiger partial charge in [-0.15, -0.1) is 27.8 Å². The van der Waals surface area contributed by atoms with Gasteiger partial charge in [-0.2, -0.15) is 4.57 Å². The van der Waals surface area contributed by atoms with Crippen molar-refractivity contribution in [3.05, 3.63) is 178 Å². The molecule has 2 spiro atoms. The second-order valence-electron chi connectivity index (χ2n) is 17.3. The predicted octanol–water partition coefficient (Wildman–Crippen LogP) is 14.0. The number of hydrogen-bond acceptors (Lipinski definition) is 4. The van der Waals surface area contributed by atoms with Crippen LogP contribution in [-0.2, 0) is 22.8 Å². The lowest BCUT2D eigenvalue weighted by molar-refractivity contribution is -0.718. The zero-order valence-electron chi connectivity index (χ0n) is 34.9. The fourth-order valence-electron chi connectivity index (χ4n) is 12.0. The fourth-order valence-corrected chi connectivity index (χ4v) is 14.6. The van der Waals surface area contributed by atoms with Gasteiger partial charge in [0.05, 0.1) is 22.1 Å². The van der Waals surface area contributed by atoms with Crippen LogP contribution in [0.5, 0.6) is 0 Å². The van der Waals surface area contributed by atoms with Gasteiger partial charge in [-0.3, -0.25) is 0 Å². The lowest BCUT2D eigenvalue weighted by Crippen LogP contribution is -2.56. The third-order valence-electron chi connectivity index (χ3n) is 14.8. The van der Waals surface area contributed by atoms with Gasteiger partial charge in [-0.05, 0) is 111 Å². The molecule has 0 bridgehead atoms. The average molecular weight is 828 g/mol. The van der Waals surface area contributed by atoms with Crippen LogP contribution in [0.1, 0.15) is 73.8 Å². The van der Waals surface area contributed by atoms with Crippen molar-refractivity contribution >= 4 is 33.4 Å². The molecule has 5 heterocycles. The molecule has 4 aromatic heterocycles. The van der Waals surface area contributed by atoms with Crippen molar-refractivity contribution in [2.24, 2.45) is 0 Å². The van der Waals surface area contributed by atoms with E-state index >= 15 is 0 Å². The van der Waals surface area contributed by atoms with Crippen LogP contribution in [0.15, 0.2) is 157 Å². The third-order valence-corrected chi connectivity index (χ3v) is 17.1. The van der Waals surface area contributed by atoms with Crippen molar-refractivity contribution in [2.45, 2.75) is 75.7 Å². The lowest BCUT2D eigenvalue weighted by atomic mass is 9.56. The number of thiophene rings is 2. The predicted molar refractivity (Wildman–Crippen MR) is 253 cm³/mol. The first-order valence-electron chi connectivity index (χ1n) is 22.0. The maximum atomic E-state index is 4.91. The Morgan fingerprint density at radius 3 is 2.28 bits per heavy atom. The Morgan fingerprint density at radius 1 is 0.672 bits per heavy atom. The minimum atomic E-state index is -0.211. The van der Waals surface area contributed by atoms with Crippen molar-refractivity contribution in [3.63, 3.8) is 0 Å². The lowest BCUT2D eigenvalue weighted by Gasteiger charge is -2.46. The molecule has 5 aromatic carbocycles. The summed E-state index contributed by atoms with van der Waals surface area (Å²) in [6.45, 7) is 7.22. The van der Waals surface area contributed by atoms with Gasteiger partial charge in [-0.1, -0.05) is 136 Å². The fraction of sp³-hybridized carbons (Fsp3) is 0.218. The molecule has 1 aliphatic heterocycles. The van der Waals surface area contributed by atoms with Gasteiger partial charge in [0, 0.05) is 34.4 Å². The number of benzene rings is 5. The minimum absolute atomic E-state index is 0.0578. The number of aromatic nitrogens is 4. The van der Waals surface area contributed by atoms with Crippen LogP contribution in [0, 0.1) is 0 Å². The highest BCUT2D eigenvalue weighted by Crippen LogP contribution is 2.80. The van der Waals surface area contributed by atoms with E-state index in [0.29, 0.717) is 0 Å². The SMILES string of the molecule is CCCCc1cccc2c3c(ccc12)C(CC)(CC)C1(CC12c1sc(-n4cc(-c5cc(-c6ccccc6)ccc5-c5ccccc5)nn4)cc1-c1cccc[n+]12)c1sccc1-3. The topological polar surface area (TPSA) is 34.6 Å². The first-order chi connectivity index (χ1) is 30.1. The van der Waals surface area contributed by atoms with Crippen LogP contribution in [0.2, 0.25) is 0 Å². The molecule has 3 aliphatic rings.